The van der Waals surface area contributed by atoms with Crippen molar-refractivity contribution in [1.29, 1.82) is 0 Å². The Hall–Kier alpha value is -0.570. The Morgan fingerprint density at radius 3 is 2.59 bits per heavy atom. The van der Waals surface area contributed by atoms with E-state index in [1.165, 1.54) is 25.8 Å². The average molecular weight is 425 g/mol. The van der Waals surface area contributed by atoms with Crippen molar-refractivity contribution >= 4 is 35.8 Å². The number of aliphatic imine (C=N–C) groups is 1. The molecule has 22 heavy (non-hydrogen) atoms. The molecule has 0 aliphatic carbocycles. The molecule has 1 saturated heterocycles. The molecule has 1 aliphatic heterocycles. The Morgan fingerprint density at radius 1 is 1.27 bits per heavy atom. The highest BCUT2D eigenvalue weighted by atomic mass is 127. The average Bonchev–Trinajstić information content (AvgIpc) is 2.49. The van der Waals surface area contributed by atoms with Gasteiger partial charge in [0.15, 0.2) is 5.96 Å². The minimum atomic E-state index is 0. The van der Waals surface area contributed by atoms with Crippen molar-refractivity contribution in [3.63, 3.8) is 0 Å². The van der Waals surface area contributed by atoms with Crippen molar-refractivity contribution in [2.24, 2.45) is 4.99 Å². The summed E-state index contributed by atoms with van der Waals surface area (Å²) in [5.74, 6) is 0.745. The number of nitrogens with zero attached hydrogens (tertiary/aromatic N) is 3. The maximum absolute atomic E-state index is 11.6. The number of likely N-dealkylation sites (tertiary alicyclic amines) is 1. The van der Waals surface area contributed by atoms with Crippen LogP contribution in [-0.4, -0.2) is 74.5 Å². The predicted octanol–water partition coefficient (Wildman–Crippen LogP) is 1.12. The van der Waals surface area contributed by atoms with Crippen LogP contribution in [0.5, 0.6) is 0 Å². The number of piperidine rings is 1. The SMILES string of the molecule is CCNC(=NCC(=O)N(C)C)NCC1CCCCN1CC.I. The molecule has 0 saturated carbocycles. The van der Waals surface area contributed by atoms with E-state index in [0.29, 0.717) is 6.04 Å². The number of hydrogen-bond acceptors (Lipinski definition) is 3. The zero-order valence-electron chi connectivity index (χ0n) is 14.4. The van der Waals surface area contributed by atoms with E-state index < -0.39 is 0 Å². The molecule has 2 N–H and O–H groups in total. The molecule has 0 aromatic carbocycles. The molecule has 0 spiro atoms. The largest absolute Gasteiger partial charge is 0.357 e. The van der Waals surface area contributed by atoms with Crippen LogP contribution < -0.4 is 10.6 Å². The van der Waals surface area contributed by atoms with E-state index >= 15 is 0 Å². The molecule has 0 radical (unpaired) electrons. The third-order valence-corrected chi connectivity index (χ3v) is 3.88. The van der Waals surface area contributed by atoms with Gasteiger partial charge in [-0.25, -0.2) is 4.99 Å². The first-order chi connectivity index (χ1) is 10.1. The van der Waals surface area contributed by atoms with Gasteiger partial charge in [-0.05, 0) is 32.9 Å². The second-order valence-electron chi connectivity index (χ2n) is 5.64. The van der Waals surface area contributed by atoms with E-state index in [-0.39, 0.29) is 36.4 Å². The maximum atomic E-state index is 11.6. The molecule has 6 nitrogen and oxygen atoms in total. The normalized spacial score (nSPS) is 19.3. The van der Waals surface area contributed by atoms with E-state index in [2.05, 4.69) is 27.4 Å². The third kappa shape index (κ3) is 7.62. The first-order valence-electron chi connectivity index (χ1n) is 8.04. The highest BCUT2D eigenvalue weighted by Crippen LogP contribution is 2.15. The Labute approximate surface area is 152 Å². The summed E-state index contributed by atoms with van der Waals surface area (Å²) in [6, 6.07) is 0.567. The highest BCUT2D eigenvalue weighted by Gasteiger charge is 2.20. The van der Waals surface area contributed by atoms with Crippen molar-refractivity contribution in [1.82, 2.24) is 20.4 Å². The number of carbonyl (C=O) groups excluding carboxylic acids is 1. The van der Waals surface area contributed by atoms with Crippen LogP contribution in [0.4, 0.5) is 0 Å². The van der Waals surface area contributed by atoms with Crippen LogP contribution in [0.2, 0.25) is 0 Å². The molecular weight excluding hydrogens is 393 g/mol. The summed E-state index contributed by atoms with van der Waals surface area (Å²) in [4.78, 5) is 20.0. The molecule has 0 aromatic rings. The van der Waals surface area contributed by atoms with Gasteiger partial charge in [-0.2, -0.15) is 0 Å². The lowest BCUT2D eigenvalue weighted by atomic mass is 10.0. The number of guanidine groups is 1. The molecule has 0 bridgehead atoms. The summed E-state index contributed by atoms with van der Waals surface area (Å²) in [5.41, 5.74) is 0. The molecule has 0 aromatic heterocycles. The molecule has 1 amide bonds. The van der Waals surface area contributed by atoms with Crippen molar-refractivity contribution in [3.05, 3.63) is 0 Å². The van der Waals surface area contributed by atoms with Crippen molar-refractivity contribution in [2.45, 2.75) is 39.2 Å². The standard InChI is InChI=1S/C15H31N5O.HI/c1-5-16-15(18-12-14(21)19(3)4)17-11-13-9-7-8-10-20(13)6-2;/h13H,5-12H2,1-4H3,(H2,16,17,18);1H. The number of nitrogens with one attached hydrogen (secondary N) is 2. The third-order valence-electron chi connectivity index (χ3n) is 3.88. The fraction of sp³-hybridized carbons (Fsp3) is 0.867. The lowest BCUT2D eigenvalue weighted by Gasteiger charge is -2.35. The summed E-state index contributed by atoms with van der Waals surface area (Å²) in [7, 11) is 3.50. The minimum Gasteiger partial charge on any atom is -0.357 e. The zero-order chi connectivity index (χ0) is 15.7. The highest BCUT2D eigenvalue weighted by molar-refractivity contribution is 14.0. The summed E-state index contributed by atoms with van der Waals surface area (Å²) >= 11 is 0. The number of carbonyl (C=O) groups is 1. The molecule has 130 valence electrons. The minimum absolute atomic E-state index is 0. The van der Waals surface area contributed by atoms with Crippen LogP contribution in [0.25, 0.3) is 0 Å². The summed E-state index contributed by atoms with van der Waals surface area (Å²) in [6.07, 6.45) is 3.84. The van der Waals surface area contributed by atoms with E-state index in [1.807, 2.05) is 6.92 Å². The first kappa shape index (κ1) is 21.4. The van der Waals surface area contributed by atoms with Gasteiger partial charge in [-0.15, -0.1) is 24.0 Å². The van der Waals surface area contributed by atoms with Crippen LogP contribution in [0.3, 0.4) is 0 Å². The molecule has 1 heterocycles. The maximum Gasteiger partial charge on any atom is 0.243 e. The van der Waals surface area contributed by atoms with Crippen LogP contribution >= 0.6 is 24.0 Å². The summed E-state index contributed by atoms with van der Waals surface area (Å²) in [6.45, 7) is 8.40. The quantitative estimate of drug-likeness (QED) is 0.381. The van der Waals surface area contributed by atoms with Crippen molar-refractivity contribution in [2.75, 3.05) is 46.8 Å². The molecule has 1 rings (SSSR count). The van der Waals surface area contributed by atoms with Gasteiger partial charge in [0.2, 0.25) is 5.91 Å². The fourth-order valence-corrected chi connectivity index (χ4v) is 2.55. The topological polar surface area (TPSA) is 60.0 Å². The molecule has 1 atom stereocenters. The van der Waals surface area contributed by atoms with Gasteiger partial charge in [0.05, 0.1) is 0 Å². The smallest absolute Gasteiger partial charge is 0.243 e. The lowest BCUT2D eigenvalue weighted by molar-refractivity contribution is -0.127. The fourth-order valence-electron chi connectivity index (χ4n) is 2.55. The van der Waals surface area contributed by atoms with E-state index in [0.717, 1.165) is 25.6 Å². The number of halogens is 1. The number of rotatable bonds is 6. The van der Waals surface area contributed by atoms with Crippen molar-refractivity contribution in [3.8, 4) is 0 Å². The predicted molar refractivity (Wildman–Crippen MR) is 103 cm³/mol. The van der Waals surface area contributed by atoms with Gasteiger partial charge < -0.3 is 15.5 Å². The zero-order valence-corrected chi connectivity index (χ0v) is 16.7. The second kappa shape index (κ2) is 11.9. The van der Waals surface area contributed by atoms with Crippen LogP contribution in [0.1, 0.15) is 33.1 Å². The first-order valence-corrected chi connectivity index (χ1v) is 8.04. The van der Waals surface area contributed by atoms with Gasteiger partial charge in [-0.1, -0.05) is 13.3 Å². The Balaban J connectivity index is 0.00000441. The number of amides is 1. The van der Waals surface area contributed by atoms with Crippen LogP contribution in [0.15, 0.2) is 4.99 Å². The molecule has 7 heteroatoms. The van der Waals surface area contributed by atoms with E-state index in [1.54, 1.807) is 19.0 Å². The summed E-state index contributed by atoms with van der Waals surface area (Å²) in [5, 5.41) is 6.57. The van der Waals surface area contributed by atoms with Crippen LogP contribution in [0, 0.1) is 0 Å². The van der Waals surface area contributed by atoms with E-state index in [9.17, 15) is 4.79 Å². The number of hydrogen-bond donors (Lipinski definition) is 2. The van der Waals surface area contributed by atoms with Crippen LogP contribution in [-0.2, 0) is 4.79 Å². The van der Waals surface area contributed by atoms with E-state index in [4.69, 9.17) is 0 Å². The van der Waals surface area contributed by atoms with Gasteiger partial charge in [-0.3, -0.25) is 9.69 Å². The lowest BCUT2D eigenvalue weighted by Crippen LogP contribution is -2.49. The monoisotopic (exact) mass is 425 g/mol. The van der Waals surface area contributed by atoms with Crippen molar-refractivity contribution < 1.29 is 4.79 Å². The second-order valence-corrected chi connectivity index (χ2v) is 5.64. The molecule has 1 unspecified atom stereocenters. The number of likely N-dealkylation sites (N-methyl/N-ethyl adjacent to an activating group) is 2. The molecule has 1 aliphatic rings. The van der Waals surface area contributed by atoms with Gasteiger partial charge in [0, 0.05) is 33.2 Å². The Bertz CT molecular complexity index is 349. The molecular formula is C15H32IN5O. The molecule has 1 fully saturated rings. The Morgan fingerprint density at radius 2 is 2.00 bits per heavy atom. The van der Waals surface area contributed by atoms with Gasteiger partial charge in [0.1, 0.15) is 6.54 Å². The van der Waals surface area contributed by atoms with Gasteiger partial charge in [0.25, 0.3) is 0 Å². The summed E-state index contributed by atoms with van der Waals surface area (Å²) < 4.78 is 0. The Kier molecular flexibility index (Phi) is 11.6. The van der Waals surface area contributed by atoms with Gasteiger partial charge >= 0.3 is 0 Å².